The molecule has 0 unspecified atom stereocenters. The number of hydrogen-bond acceptors (Lipinski definition) is 4. The number of furan rings is 1. The molecule has 0 spiro atoms. The predicted molar refractivity (Wildman–Crippen MR) is 115 cm³/mol. The highest BCUT2D eigenvalue weighted by molar-refractivity contribution is 7.16. The molecular formula is C23H27N2O3S+. The molecule has 0 aliphatic carbocycles. The van der Waals surface area contributed by atoms with Crippen molar-refractivity contribution in [3.8, 4) is 5.75 Å². The van der Waals surface area contributed by atoms with E-state index >= 15 is 0 Å². The van der Waals surface area contributed by atoms with Crippen molar-refractivity contribution in [3.63, 3.8) is 0 Å². The first kappa shape index (κ1) is 19.7. The molecule has 1 aliphatic rings. The van der Waals surface area contributed by atoms with Gasteiger partial charge in [-0.25, -0.2) is 0 Å². The number of hydrogen-bond donors (Lipinski definition) is 2. The molecule has 29 heavy (non-hydrogen) atoms. The average molecular weight is 412 g/mol. The largest absolute Gasteiger partial charge is 0.497 e. The second-order valence-electron chi connectivity index (χ2n) is 7.53. The molecule has 3 heterocycles. The summed E-state index contributed by atoms with van der Waals surface area (Å²) in [5, 5.41) is 4.04. The molecule has 0 bridgehead atoms. The van der Waals surface area contributed by atoms with Gasteiger partial charge in [0.1, 0.15) is 16.8 Å². The Bertz CT molecular complexity index is 970. The smallest absolute Gasteiger partial charge is 0.291 e. The quantitative estimate of drug-likeness (QED) is 0.645. The normalized spacial score (nSPS) is 15.4. The Hall–Kier alpha value is -2.57. The molecule has 6 heteroatoms. The molecule has 5 nitrogen and oxygen atoms in total. The van der Waals surface area contributed by atoms with Gasteiger partial charge in [-0.2, -0.15) is 0 Å². The summed E-state index contributed by atoms with van der Waals surface area (Å²) < 4.78 is 10.6. The Morgan fingerprint density at radius 3 is 2.52 bits per heavy atom. The summed E-state index contributed by atoms with van der Waals surface area (Å²) in [4.78, 5) is 15.5. The van der Waals surface area contributed by atoms with Crippen molar-refractivity contribution < 1.29 is 18.8 Å². The molecule has 1 aromatic carbocycles. The minimum Gasteiger partial charge on any atom is -0.497 e. The summed E-state index contributed by atoms with van der Waals surface area (Å²) in [6, 6.07) is 11.9. The molecule has 0 saturated carbocycles. The van der Waals surface area contributed by atoms with Crippen molar-refractivity contribution in [3.05, 3.63) is 70.0 Å². The van der Waals surface area contributed by atoms with E-state index < -0.39 is 0 Å². The highest BCUT2D eigenvalue weighted by Crippen LogP contribution is 2.39. The van der Waals surface area contributed by atoms with Gasteiger partial charge < -0.3 is 19.4 Å². The molecule has 152 valence electrons. The number of carbonyl (C=O) groups is 1. The van der Waals surface area contributed by atoms with Crippen LogP contribution in [-0.2, 0) is 0 Å². The van der Waals surface area contributed by atoms with Gasteiger partial charge in [0.25, 0.3) is 5.91 Å². The number of aryl methyl sites for hydroxylation is 1. The number of amides is 1. The number of carbonyl (C=O) groups excluding carboxylic acids is 1. The van der Waals surface area contributed by atoms with Gasteiger partial charge in [0, 0.05) is 23.3 Å². The van der Waals surface area contributed by atoms with Crippen LogP contribution in [0.15, 0.2) is 47.1 Å². The first-order valence-corrected chi connectivity index (χ1v) is 10.8. The van der Waals surface area contributed by atoms with Gasteiger partial charge in [0.15, 0.2) is 5.76 Å². The molecule has 3 aromatic rings. The van der Waals surface area contributed by atoms with E-state index in [-0.39, 0.29) is 11.9 Å². The van der Waals surface area contributed by atoms with Gasteiger partial charge >= 0.3 is 0 Å². The van der Waals surface area contributed by atoms with E-state index in [1.807, 2.05) is 12.1 Å². The summed E-state index contributed by atoms with van der Waals surface area (Å²) in [6.45, 7) is 6.55. The van der Waals surface area contributed by atoms with Crippen LogP contribution >= 0.6 is 11.3 Å². The minimum absolute atomic E-state index is 0.181. The molecule has 1 saturated heterocycles. The summed E-state index contributed by atoms with van der Waals surface area (Å²) in [5.74, 6) is 0.977. The van der Waals surface area contributed by atoms with Crippen LogP contribution in [0.3, 0.4) is 0 Å². The van der Waals surface area contributed by atoms with E-state index in [9.17, 15) is 4.79 Å². The predicted octanol–water partition coefficient (Wildman–Crippen LogP) is 3.99. The molecular weight excluding hydrogens is 384 g/mol. The number of benzene rings is 1. The first-order chi connectivity index (χ1) is 14.1. The highest BCUT2D eigenvalue weighted by atomic mass is 32.1. The minimum atomic E-state index is -0.206. The number of thiophene rings is 1. The SMILES string of the molecule is COc1ccc([C@@H](c2c(NC(=O)c3ccco3)sc(C)c2C)[NH+]2CCCC2)cc1. The lowest BCUT2D eigenvalue weighted by atomic mass is 9.95. The lowest BCUT2D eigenvalue weighted by Gasteiger charge is -2.26. The number of ether oxygens (including phenoxy) is 1. The topological polar surface area (TPSA) is 55.9 Å². The summed E-state index contributed by atoms with van der Waals surface area (Å²) in [7, 11) is 1.69. The van der Waals surface area contributed by atoms with Crippen LogP contribution in [0.2, 0.25) is 0 Å². The molecule has 2 N–H and O–H groups in total. The lowest BCUT2D eigenvalue weighted by molar-refractivity contribution is -0.913. The van der Waals surface area contributed by atoms with Gasteiger partial charge in [-0.15, -0.1) is 11.3 Å². The van der Waals surface area contributed by atoms with Gasteiger partial charge in [0.05, 0.1) is 32.0 Å². The first-order valence-electron chi connectivity index (χ1n) is 10.0. The van der Waals surface area contributed by atoms with Crippen LogP contribution in [0.4, 0.5) is 5.00 Å². The molecule has 1 fully saturated rings. The van der Waals surface area contributed by atoms with Gasteiger partial charge in [0.2, 0.25) is 0 Å². The molecule has 0 radical (unpaired) electrons. The van der Waals surface area contributed by atoms with Crippen molar-refractivity contribution in [1.82, 2.24) is 0 Å². The standard InChI is InChI=1S/C23H26N2O3S/c1-15-16(2)29-23(24-22(26)19-7-6-14-28-19)20(15)21(25-12-4-5-13-25)17-8-10-18(27-3)11-9-17/h6-11,14,21H,4-5,12-13H2,1-3H3,(H,24,26)/p+1/t21-/m0/s1. The van der Waals surface area contributed by atoms with E-state index in [4.69, 9.17) is 9.15 Å². The van der Waals surface area contributed by atoms with E-state index in [0.29, 0.717) is 5.76 Å². The number of nitrogens with one attached hydrogen (secondary N) is 2. The Kier molecular flexibility index (Phi) is 5.74. The number of quaternary nitrogens is 1. The Morgan fingerprint density at radius 2 is 1.90 bits per heavy atom. The van der Waals surface area contributed by atoms with Crippen molar-refractivity contribution in [2.75, 3.05) is 25.5 Å². The number of anilines is 1. The van der Waals surface area contributed by atoms with Crippen LogP contribution in [0.5, 0.6) is 5.75 Å². The van der Waals surface area contributed by atoms with Crippen LogP contribution in [-0.4, -0.2) is 26.1 Å². The zero-order valence-electron chi connectivity index (χ0n) is 17.1. The fourth-order valence-corrected chi connectivity index (χ4v) is 5.27. The van der Waals surface area contributed by atoms with E-state index in [0.717, 1.165) is 23.8 Å². The summed E-state index contributed by atoms with van der Waals surface area (Å²) in [5.41, 5.74) is 3.72. The Labute approximate surface area is 175 Å². The van der Waals surface area contributed by atoms with Crippen molar-refractivity contribution in [2.45, 2.75) is 32.7 Å². The lowest BCUT2D eigenvalue weighted by Crippen LogP contribution is -3.10. The molecule has 4 rings (SSSR count). The third-order valence-corrected chi connectivity index (χ3v) is 6.93. The average Bonchev–Trinajstić information content (AvgIpc) is 3.49. The highest BCUT2D eigenvalue weighted by Gasteiger charge is 2.34. The van der Waals surface area contributed by atoms with Gasteiger partial charge in [-0.05, 0) is 55.8 Å². The third kappa shape index (κ3) is 3.95. The maximum absolute atomic E-state index is 12.7. The summed E-state index contributed by atoms with van der Waals surface area (Å²) in [6.07, 6.45) is 3.99. The van der Waals surface area contributed by atoms with Crippen LogP contribution in [0.1, 0.15) is 51.0 Å². The van der Waals surface area contributed by atoms with Crippen molar-refractivity contribution in [1.29, 1.82) is 0 Å². The van der Waals surface area contributed by atoms with Gasteiger partial charge in [-0.3, -0.25) is 4.79 Å². The second kappa shape index (κ2) is 8.43. The monoisotopic (exact) mass is 411 g/mol. The molecule has 2 aromatic heterocycles. The fourth-order valence-electron chi connectivity index (χ4n) is 4.18. The van der Waals surface area contributed by atoms with Gasteiger partial charge in [-0.1, -0.05) is 0 Å². The van der Waals surface area contributed by atoms with Crippen LogP contribution in [0, 0.1) is 13.8 Å². The zero-order chi connectivity index (χ0) is 20.4. The Morgan fingerprint density at radius 1 is 1.17 bits per heavy atom. The van der Waals surface area contributed by atoms with Crippen molar-refractivity contribution in [2.24, 2.45) is 0 Å². The third-order valence-electron chi connectivity index (χ3n) is 5.80. The van der Waals surface area contributed by atoms with E-state index in [1.54, 1.807) is 35.5 Å². The van der Waals surface area contributed by atoms with E-state index in [1.165, 1.54) is 40.7 Å². The van der Waals surface area contributed by atoms with Crippen LogP contribution < -0.4 is 15.0 Å². The molecule has 1 amide bonds. The number of methoxy groups -OCH3 is 1. The molecule has 1 aliphatic heterocycles. The Balaban J connectivity index is 1.76. The van der Waals surface area contributed by atoms with Crippen LogP contribution in [0.25, 0.3) is 0 Å². The fraction of sp³-hybridized carbons (Fsp3) is 0.348. The van der Waals surface area contributed by atoms with Crippen molar-refractivity contribution >= 4 is 22.2 Å². The second-order valence-corrected chi connectivity index (χ2v) is 8.75. The maximum atomic E-state index is 12.7. The summed E-state index contributed by atoms with van der Waals surface area (Å²) >= 11 is 1.64. The number of rotatable bonds is 6. The van der Waals surface area contributed by atoms with E-state index in [2.05, 4.69) is 31.3 Å². The maximum Gasteiger partial charge on any atom is 0.291 e. The number of likely N-dealkylation sites (tertiary alicyclic amines) is 1. The zero-order valence-corrected chi connectivity index (χ0v) is 17.9. The molecule has 1 atom stereocenters.